The second-order valence-corrected chi connectivity index (χ2v) is 10.3. The molecule has 2 atom stereocenters. The second-order valence-electron chi connectivity index (χ2n) is 9.34. The van der Waals surface area contributed by atoms with Crippen molar-refractivity contribution in [1.82, 2.24) is 10.2 Å². The molecule has 0 aliphatic rings. The van der Waals surface area contributed by atoms with Gasteiger partial charge in [-0.05, 0) is 56.0 Å². The van der Waals surface area contributed by atoms with Crippen molar-refractivity contribution in [3.8, 4) is 0 Å². The fourth-order valence-electron chi connectivity index (χ4n) is 4.23. The van der Waals surface area contributed by atoms with Crippen molar-refractivity contribution in [3.05, 3.63) is 105 Å². The SMILES string of the molecule is CC[C@@H](C)NC(=O)[C@H](Cc1ccccc1)N(Cc1ccc(Br)cc1)C(=O)Cc1cc(C)cc(C)c1. The van der Waals surface area contributed by atoms with E-state index in [1.54, 1.807) is 4.90 Å². The van der Waals surface area contributed by atoms with E-state index in [9.17, 15) is 9.59 Å². The summed E-state index contributed by atoms with van der Waals surface area (Å²) >= 11 is 3.49. The highest BCUT2D eigenvalue weighted by atomic mass is 79.9. The number of amides is 2. The molecule has 1 N–H and O–H groups in total. The number of carbonyl (C=O) groups excluding carboxylic acids is 2. The standard InChI is InChI=1S/C30H35BrN2O2/c1-5-23(4)32-30(35)28(18-24-9-7-6-8-10-24)33(20-25-11-13-27(31)14-12-25)29(34)19-26-16-21(2)15-22(3)17-26/h6-17,23,28H,5,18-20H2,1-4H3,(H,32,35)/t23-,28+/m1/s1. The van der Waals surface area contributed by atoms with Gasteiger partial charge in [-0.25, -0.2) is 0 Å². The first-order valence-electron chi connectivity index (χ1n) is 12.2. The van der Waals surface area contributed by atoms with Gasteiger partial charge in [-0.15, -0.1) is 0 Å². The molecular formula is C30H35BrN2O2. The molecule has 2 amide bonds. The zero-order valence-corrected chi connectivity index (χ0v) is 22.6. The summed E-state index contributed by atoms with van der Waals surface area (Å²) in [6, 6.07) is 23.5. The Kier molecular flexibility index (Phi) is 9.67. The zero-order chi connectivity index (χ0) is 25.4. The normalized spacial score (nSPS) is 12.6. The van der Waals surface area contributed by atoms with Crippen molar-refractivity contribution in [2.45, 2.75) is 65.6 Å². The first-order chi connectivity index (χ1) is 16.7. The van der Waals surface area contributed by atoms with E-state index in [0.717, 1.165) is 38.7 Å². The molecule has 0 unspecified atom stereocenters. The van der Waals surface area contributed by atoms with Crippen molar-refractivity contribution in [2.24, 2.45) is 0 Å². The van der Waals surface area contributed by atoms with Crippen LogP contribution in [0, 0.1) is 13.8 Å². The predicted octanol–water partition coefficient (Wildman–Crippen LogP) is 6.16. The van der Waals surface area contributed by atoms with E-state index in [0.29, 0.717) is 13.0 Å². The number of hydrogen-bond acceptors (Lipinski definition) is 2. The quantitative estimate of drug-likeness (QED) is 0.338. The van der Waals surface area contributed by atoms with Crippen LogP contribution >= 0.6 is 15.9 Å². The summed E-state index contributed by atoms with van der Waals surface area (Å²) in [6.45, 7) is 8.48. The average Bonchev–Trinajstić information content (AvgIpc) is 2.82. The maximum absolute atomic E-state index is 13.8. The van der Waals surface area contributed by atoms with Crippen LogP contribution in [0.15, 0.2) is 77.3 Å². The van der Waals surface area contributed by atoms with Crippen molar-refractivity contribution >= 4 is 27.7 Å². The van der Waals surface area contributed by atoms with Gasteiger partial charge in [0.05, 0.1) is 6.42 Å². The smallest absolute Gasteiger partial charge is 0.243 e. The highest BCUT2D eigenvalue weighted by Gasteiger charge is 2.31. The summed E-state index contributed by atoms with van der Waals surface area (Å²) in [5, 5.41) is 3.12. The van der Waals surface area contributed by atoms with Gasteiger partial charge in [0, 0.05) is 23.5 Å². The van der Waals surface area contributed by atoms with Gasteiger partial charge in [0.1, 0.15) is 6.04 Å². The van der Waals surface area contributed by atoms with Gasteiger partial charge in [-0.2, -0.15) is 0 Å². The average molecular weight is 536 g/mol. The van der Waals surface area contributed by atoms with Gasteiger partial charge < -0.3 is 10.2 Å². The largest absolute Gasteiger partial charge is 0.352 e. The van der Waals surface area contributed by atoms with Gasteiger partial charge in [0.15, 0.2) is 0 Å². The number of hydrogen-bond donors (Lipinski definition) is 1. The van der Waals surface area contributed by atoms with Gasteiger partial charge in [-0.1, -0.05) is 94.6 Å². The van der Waals surface area contributed by atoms with E-state index in [2.05, 4.69) is 27.3 Å². The first-order valence-corrected chi connectivity index (χ1v) is 13.0. The minimum atomic E-state index is -0.617. The molecule has 0 aromatic heterocycles. The number of rotatable bonds is 10. The number of halogens is 1. The molecule has 0 saturated heterocycles. The lowest BCUT2D eigenvalue weighted by Crippen LogP contribution is -2.52. The summed E-state index contributed by atoms with van der Waals surface area (Å²) in [6.07, 6.45) is 1.53. The Morgan fingerprint density at radius 3 is 2.11 bits per heavy atom. The summed E-state index contributed by atoms with van der Waals surface area (Å²) in [5.41, 5.74) is 5.23. The molecule has 3 rings (SSSR count). The Hall–Kier alpha value is -2.92. The monoisotopic (exact) mass is 534 g/mol. The van der Waals surface area contributed by atoms with Crippen molar-refractivity contribution in [1.29, 1.82) is 0 Å². The number of nitrogens with zero attached hydrogens (tertiary/aromatic N) is 1. The van der Waals surface area contributed by atoms with E-state index in [-0.39, 0.29) is 24.3 Å². The first kappa shape index (κ1) is 26.7. The van der Waals surface area contributed by atoms with Gasteiger partial charge in [0.25, 0.3) is 0 Å². The lowest BCUT2D eigenvalue weighted by atomic mass is 10.00. The van der Waals surface area contributed by atoms with E-state index >= 15 is 0 Å². The van der Waals surface area contributed by atoms with E-state index in [1.165, 1.54) is 0 Å². The van der Waals surface area contributed by atoms with Crippen LogP contribution in [-0.2, 0) is 29.0 Å². The lowest BCUT2D eigenvalue weighted by Gasteiger charge is -2.32. The molecule has 0 fully saturated rings. The predicted molar refractivity (Wildman–Crippen MR) is 146 cm³/mol. The third kappa shape index (κ3) is 8.07. The fraction of sp³-hybridized carbons (Fsp3) is 0.333. The van der Waals surface area contributed by atoms with Crippen LogP contribution in [0.3, 0.4) is 0 Å². The van der Waals surface area contributed by atoms with E-state index in [4.69, 9.17) is 0 Å². The summed E-state index contributed by atoms with van der Waals surface area (Å²) in [5.74, 6) is -0.174. The summed E-state index contributed by atoms with van der Waals surface area (Å²) < 4.78 is 0.977. The molecule has 0 radical (unpaired) electrons. The van der Waals surface area contributed by atoms with Crippen LogP contribution in [0.2, 0.25) is 0 Å². The Morgan fingerprint density at radius 2 is 1.51 bits per heavy atom. The van der Waals surface area contributed by atoms with Crippen molar-refractivity contribution in [2.75, 3.05) is 0 Å². The molecule has 184 valence electrons. The molecular weight excluding hydrogens is 500 g/mol. The molecule has 0 spiro atoms. The molecule has 3 aromatic rings. The van der Waals surface area contributed by atoms with Crippen LogP contribution < -0.4 is 5.32 Å². The molecule has 0 bridgehead atoms. The highest BCUT2D eigenvalue weighted by molar-refractivity contribution is 9.10. The molecule has 35 heavy (non-hydrogen) atoms. The molecule has 3 aromatic carbocycles. The van der Waals surface area contributed by atoms with E-state index in [1.807, 2.05) is 94.4 Å². The third-order valence-corrected chi connectivity index (χ3v) is 6.70. The van der Waals surface area contributed by atoms with Crippen LogP contribution in [0.5, 0.6) is 0 Å². The Balaban J connectivity index is 1.98. The zero-order valence-electron chi connectivity index (χ0n) is 21.1. The number of aryl methyl sites for hydroxylation is 2. The Morgan fingerprint density at radius 1 is 0.886 bits per heavy atom. The maximum Gasteiger partial charge on any atom is 0.243 e. The molecule has 4 nitrogen and oxygen atoms in total. The van der Waals surface area contributed by atoms with Gasteiger partial charge >= 0.3 is 0 Å². The minimum absolute atomic E-state index is 0.0322. The summed E-state index contributed by atoms with van der Waals surface area (Å²) in [4.78, 5) is 29.1. The van der Waals surface area contributed by atoms with Crippen molar-refractivity contribution in [3.63, 3.8) is 0 Å². The van der Waals surface area contributed by atoms with Crippen LogP contribution in [0.25, 0.3) is 0 Å². The van der Waals surface area contributed by atoms with Gasteiger partial charge in [-0.3, -0.25) is 9.59 Å². The fourth-order valence-corrected chi connectivity index (χ4v) is 4.49. The second kappa shape index (κ2) is 12.7. The minimum Gasteiger partial charge on any atom is -0.352 e. The van der Waals surface area contributed by atoms with E-state index < -0.39 is 6.04 Å². The highest BCUT2D eigenvalue weighted by Crippen LogP contribution is 2.19. The summed E-state index contributed by atoms with van der Waals surface area (Å²) in [7, 11) is 0. The Labute approximate surface area is 217 Å². The van der Waals surface area contributed by atoms with Crippen LogP contribution in [0.1, 0.15) is 48.1 Å². The molecule has 0 aliphatic heterocycles. The molecule has 0 saturated carbocycles. The maximum atomic E-state index is 13.8. The molecule has 5 heteroatoms. The molecule has 0 heterocycles. The lowest BCUT2D eigenvalue weighted by molar-refractivity contribution is -0.141. The van der Waals surface area contributed by atoms with Crippen molar-refractivity contribution < 1.29 is 9.59 Å². The third-order valence-electron chi connectivity index (χ3n) is 6.18. The Bertz CT molecular complexity index is 1110. The number of carbonyl (C=O) groups is 2. The van der Waals surface area contributed by atoms with Crippen LogP contribution in [0.4, 0.5) is 0 Å². The number of benzene rings is 3. The van der Waals surface area contributed by atoms with Gasteiger partial charge in [0.2, 0.25) is 11.8 Å². The number of nitrogens with one attached hydrogen (secondary N) is 1. The topological polar surface area (TPSA) is 49.4 Å². The van der Waals surface area contributed by atoms with Crippen LogP contribution in [-0.4, -0.2) is 28.8 Å². The molecule has 0 aliphatic carbocycles.